The Kier molecular flexibility index (Phi) is 8.83. The standard InChI is InChI=1S/C36H36N2O3S/c37-30-22-27(18-19-33(30)41-24-25-10-3-1-4-11-25)32(39)23-38-31(26-12-5-2-6-13-26)20-21-40-34-16-9-15-29-28-14-7-8-17-35(28)42-36(29)34/h1-6,9-13,15-16,18-19,22,31,38H,7-8,14,17,20-21,23-24,37H2. The summed E-state index contributed by atoms with van der Waals surface area (Å²) in [5.41, 5.74) is 11.0. The zero-order valence-corrected chi connectivity index (χ0v) is 24.5. The van der Waals surface area contributed by atoms with Gasteiger partial charge >= 0.3 is 0 Å². The van der Waals surface area contributed by atoms with E-state index in [0.717, 1.165) is 23.3 Å². The lowest BCUT2D eigenvalue weighted by Crippen LogP contribution is -2.29. The minimum absolute atomic E-state index is 0.0212. The fourth-order valence-corrected chi connectivity index (χ4v) is 6.99. The lowest BCUT2D eigenvalue weighted by atomic mass is 9.96. The van der Waals surface area contributed by atoms with Crippen molar-refractivity contribution in [2.75, 3.05) is 18.9 Å². The van der Waals surface area contributed by atoms with Crippen molar-refractivity contribution in [1.29, 1.82) is 0 Å². The number of Topliss-reactive ketones (excluding diaryl/α,β-unsaturated/α-hetero) is 1. The molecule has 5 aromatic rings. The van der Waals surface area contributed by atoms with E-state index in [4.69, 9.17) is 15.2 Å². The Hall–Kier alpha value is -4.13. The quantitative estimate of drug-likeness (QED) is 0.117. The predicted molar refractivity (Wildman–Crippen MR) is 172 cm³/mol. The number of thiophene rings is 1. The first kappa shape index (κ1) is 28.0. The highest BCUT2D eigenvalue weighted by Crippen LogP contribution is 2.41. The van der Waals surface area contributed by atoms with E-state index >= 15 is 0 Å². The molecule has 0 spiro atoms. The summed E-state index contributed by atoms with van der Waals surface area (Å²) in [5, 5.41) is 4.83. The average molecular weight is 577 g/mol. The lowest BCUT2D eigenvalue weighted by Gasteiger charge is -2.20. The highest BCUT2D eigenvalue weighted by atomic mass is 32.1. The van der Waals surface area contributed by atoms with Crippen molar-refractivity contribution >= 4 is 32.9 Å². The summed E-state index contributed by atoms with van der Waals surface area (Å²) >= 11 is 1.89. The number of carbonyl (C=O) groups is 1. The number of fused-ring (bicyclic) bond motifs is 3. The largest absolute Gasteiger partial charge is 0.492 e. The van der Waals surface area contributed by atoms with Crippen molar-refractivity contribution in [3.8, 4) is 11.5 Å². The van der Waals surface area contributed by atoms with E-state index in [1.165, 1.54) is 46.2 Å². The van der Waals surface area contributed by atoms with Crippen LogP contribution in [0, 0.1) is 0 Å². The number of aryl methyl sites for hydroxylation is 2. The molecule has 1 aliphatic carbocycles. The minimum Gasteiger partial charge on any atom is -0.492 e. The molecule has 0 radical (unpaired) electrons. The van der Waals surface area contributed by atoms with E-state index in [9.17, 15) is 4.79 Å². The minimum atomic E-state index is -0.0308. The van der Waals surface area contributed by atoms with E-state index in [0.29, 0.717) is 30.2 Å². The molecule has 42 heavy (non-hydrogen) atoms. The van der Waals surface area contributed by atoms with Gasteiger partial charge in [-0.1, -0.05) is 72.8 Å². The van der Waals surface area contributed by atoms with Crippen LogP contribution in [-0.2, 0) is 19.4 Å². The van der Waals surface area contributed by atoms with E-state index in [1.54, 1.807) is 18.2 Å². The molecule has 0 fully saturated rings. The Morgan fingerprint density at radius 1 is 0.857 bits per heavy atom. The average Bonchev–Trinajstić information content (AvgIpc) is 3.42. The van der Waals surface area contributed by atoms with Crippen LogP contribution in [0.4, 0.5) is 5.69 Å². The molecule has 4 aromatic carbocycles. The molecule has 0 saturated carbocycles. The van der Waals surface area contributed by atoms with Crippen LogP contribution in [0.25, 0.3) is 10.1 Å². The molecule has 214 valence electrons. The zero-order valence-electron chi connectivity index (χ0n) is 23.7. The summed E-state index contributed by atoms with van der Waals surface area (Å²) in [6.07, 6.45) is 5.62. The van der Waals surface area contributed by atoms with Gasteiger partial charge in [0.2, 0.25) is 0 Å². The van der Waals surface area contributed by atoms with Gasteiger partial charge in [0.05, 0.1) is 23.5 Å². The molecule has 0 bridgehead atoms. The number of carbonyl (C=O) groups excluding carboxylic acids is 1. The normalized spacial score (nSPS) is 13.4. The molecule has 1 aliphatic rings. The summed E-state index contributed by atoms with van der Waals surface area (Å²) in [5.74, 6) is 1.51. The van der Waals surface area contributed by atoms with Gasteiger partial charge in [-0.25, -0.2) is 0 Å². The Bertz CT molecular complexity index is 1650. The number of nitrogens with one attached hydrogen (secondary N) is 1. The van der Waals surface area contributed by atoms with Crippen LogP contribution in [-0.4, -0.2) is 18.9 Å². The Morgan fingerprint density at radius 3 is 2.45 bits per heavy atom. The van der Waals surface area contributed by atoms with Crippen molar-refractivity contribution < 1.29 is 14.3 Å². The van der Waals surface area contributed by atoms with Crippen molar-refractivity contribution in [3.63, 3.8) is 0 Å². The maximum atomic E-state index is 13.2. The second-order valence-corrected chi connectivity index (χ2v) is 11.9. The van der Waals surface area contributed by atoms with E-state index in [1.807, 2.05) is 59.9 Å². The summed E-state index contributed by atoms with van der Waals surface area (Å²) in [4.78, 5) is 14.7. The van der Waals surface area contributed by atoms with Crippen LogP contribution in [0.3, 0.4) is 0 Å². The fourth-order valence-electron chi connectivity index (χ4n) is 5.64. The molecular formula is C36H36N2O3S. The number of benzene rings is 4. The Balaban J connectivity index is 1.08. The van der Waals surface area contributed by atoms with Gasteiger partial charge < -0.3 is 20.5 Å². The van der Waals surface area contributed by atoms with Gasteiger partial charge in [0.25, 0.3) is 0 Å². The number of ketones is 1. The smallest absolute Gasteiger partial charge is 0.176 e. The molecule has 0 saturated heterocycles. The number of nitrogens with two attached hydrogens (primary N) is 1. The second-order valence-electron chi connectivity index (χ2n) is 10.8. The molecule has 0 aliphatic heterocycles. The molecule has 3 N–H and O–H groups in total. The highest BCUT2D eigenvalue weighted by molar-refractivity contribution is 7.19. The first-order chi connectivity index (χ1) is 20.7. The van der Waals surface area contributed by atoms with Crippen molar-refractivity contribution in [3.05, 3.63) is 124 Å². The molecule has 5 nitrogen and oxygen atoms in total. The van der Waals surface area contributed by atoms with Crippen LogP contribution in [0.5, 0.6) is 11.5 Å². The summed E-state index contributed by atoms with van der Waals surface area (Å²) in [7, 11) is 0. The Labute approximate surface area is 251 Å². The number of ether oxygens (including phenoxy) is 2. The zero-order chi connectivity index (χ0) is 28.7. The maximum absolute atomic E-state index is 13.2. The third-order valence-electron chi connectivity index (χ3n) is 7.89. The predicted octanol–water partition coefficient (Wildman–Crippen LogP) is 7.92. The lowest BCUT2D eigenvalue weighted by molar-refractivity contribution is 0.0985. The SMILES string of the molecule is Nc1cc(C(=O)CNC(CCOc2cccc3c4c(sc23)CCCC4)c2ccccc2)ccc1OCc1ccccc1. The molecular weight excluding hydrogens is 540 g/mol. The van der Waals surface area contributed by atoms with Gasteiger partial charge in [-0.15, -0.1) is 11.3 Å². The third kappa shape index (κ3) is 6.51. The van der Waals surface area contributed by atoms with E-state index < -0.39 is 0 Å². The molecule has 6 heteroatoms. The van der Waals surface area contributed by atoms with E-state index in [-0.39, 0.29) is 18.4 Å². The fraction of sp³-hybridized carbons (Fsp3) is 0.250. The van der Waals surface area contributed by atoms with Crippen molar-refractivity contribution in [1.82, 2.24) is 5.32 Å². The number of anilines is 1. The summed E-state index contributed by atoms with van der Waals surface area (Å²) in [6, 6.07) is 31.8. The second kappa shape index (κ2) is 13.2. The molecule has 1 heterocycles. The number of hydrogen-bond acceptors (Lipinski definition) is 6. The van der Waals surface area contributed by atoms with Crippen LogP contribution in [0.1, 0.15) is 57.2 Å². The summed E-state index contributed by atoms with van der Waals surface area (Å²) < 4.78 is 13.5. The molecule has 1 atom stereocenters. The van der Waals surface area contributed by atoms with Gasteiger partial charge in [-0.3, -0.25) is 4.79 Å². The van der Waals surface area contributed by atoms with Crippen LogP contribution >= 0.6 is 11.3 Å². The molecule has 1 unspecified atom stereocenters. The monoisotopic (exact) mass is 576 g/mol. The molecule has 6 rings (SSSR count). The Morgan fingerprint density at radius 2 is 1.64 bits per heavy atom. The highest BCUT2D eigenvalue weighted by Gasteiger charge is 2.19. The van der Waals surface area contributed by atoms with Crippen molar-refractivity contribution in [2.24, 2.45) is 0 Å². The van der Waals surface area contributed by atoms with Crippen LogP contribution in [0.2, 0.25) is 0 Å². The number of hydrogen-bond donors (Lipinski definition) is 2. The topological polar surface area (TPSA) is 73.6 Å². The van der Waals surface area contributed by atoms with Gasteiger partial charge in [0.1, 0.15) is 18.1 Å². The number of nitrogen functional groups attached to an aromatic ring is 1. The third-order valence-corrected chi connectivity index (χ3v) is 9.21. The molecule has 0 amide bonds. The molecule has 1 aromatic heterocycles. The number of rotatable bonds is 12. The first-order valence-corrected chi connectivity index (χ1v) is 15.5. The van der Waals surface area contributed by atoms with Gasteiger partial charge in [-0.2, -0.15) is 0 Å². The van der Waals surface area contributed by atoms with Crippen molar-refractivity contribution in [2.45, 2.75) is 44.8 Å². The van der Waals surface area contributed by atoms with Crippen LogP contribution in [0.15, 0.2) is 97.1 Å². The maximum Gasteiger partial charge on any atom is 0.176 e. The first-order valence-electron chi connectivity index (χ1n) is 14.7. The summed E-state index contributed by atoms with van der Waals surface area (Å²) in [6.45, 7) is 1.16. The van der Waals surface area contributed by atoms with E-state index in [2.05, 4.69) is 35.6 Å². The van der Waals surface area contributed by atoms with Crippen LogP contribution < -0.4 is 20.5 Å². The van der Waals surface area contributed by atoms with Gasteiger partial charge in [0, 0.05) is 22.9 Å². The van der Waals surface area contributed by atoms with Gasteiger partial charge in [0.15, 0.2) is 5.78 Å². The van der Waals surface area contributed by atoms with Gasteiger partial charge in [-0.05, 0) is 72.0 Å².